The number of carboxylic acid groups (broad SMARTS) is 1. The van der Waals surface area contributed by atoms with Gasteiger partial charge < -0.3 is 9.52 Å². The minimum Gasteiger partial charge on any atom is -0.481 e. The molecule has 1 N–H and O–H groups in total. The van der Waals surface area contributed by atoms with Crippen LogP contribution in [0.2, 0.25) is 5.02 Å². The number of nitrogens with zero attached hydrogens (tertiary/aromatic N) is 1. The maximum atomic E-state index is 11.0. The molecule has 0 saturated carbocycles. The standard InChI is InChI=1S/C16H12ClNO3/c1-9(16(19)20)10-5-6-14-13(8-10)18-15(21-14)11-3-2-4-12(17)7-11/h2-9H,1H3,(H,19,20). The summed E-state index contributed by atoms with van der Waals surface area (Å²) in [6, 6.07) is 12.5. The molecule has 0 aliphatic carbocycles. The van der Waals surface area contributed by atoms with Gasteiger partial charge in [0.1, 0.15) is 5.52 Å². The molecule has 0 saturated heterocycles. The van der Waals surface area contributed by atoms with Gasteiger partial charge >= 0.3 is 5.97 Å². The molecule has 0 aliphatic heterocycles. The lowest BCUT2D eigenvalue weighted by Crippen LogP contribution is -2.06. The zero-order valence-electron chi connectivity index (χ0n) is 11.2. The van der Waals surface area contributed by atoms with Gasteiger partial charge in [0.2, 0.25) is 5.89 Å². The van der Waals surface area contributed by atoms with E-state index in [1.54, 1.807) is 37.3 Å². The molecule has 2 aromatic carbocycles. The smallest absolute Gasteiger partial charge is 0.310 e. The quantitative estimate of drug-likeness (QED) is 0.781. The summed E-state index contributed by atoms with van der Waals surface area (Å²) in [4.78, 5) is 15.4. The Morgan fingerprint density at radius 2 is 2.10 bits per heavy atom. The number of carbonyl (C=O) groups is 1. The summed E-state index contributed by atoms with van der Waals surface area (Å²) in [5, 5.41) is 9.67. The minimum absolute atomic E-state index is 0.465. The fraction of sp³-hybridized carbons (Fsp3) is 0.125. The van der Waals surface area contributed by atoms with Gasteiger partial charge in [-0.3, -0.25) is 4.79 Å². The molecule has 1 aromatic heterocycles. The number of fused-ring (bicyclic) bond motifs is 1. The van der Waals surface area contributed by atoms with Gasteiger partial charge in [0.25, 0.3) is 0 Å². The molecule has 21 heavy (non-hydrogen) atoms. The van der Waals surface area contributed by atoms with E-state index in [1.165, 1.54) is 0 Å². The van der Waals surface area contributed by atoms with E-state index >= 15 is 0 Å². The zero-order chi connectivity index (χ0) is 15.0. The summed E-state index contributed by atoms with van der Waals surface area (Å²) >= 11 is 5.96. The van der Waals surface area contributed by atoms with E-state index in [9.17, 15) is 4.79 Å². The number of aliphatic carboxylic acids is 1. The highest BCUT2D eigenvalue weighted by Crippen LogP contribution is 2.28. The van der Waals surface area contributed by atoms with Gasteiger partial charge in [0.15, 0.2) is 5.58 Å². The van der Waals surface area contributed by atoms with Crippen molar-refractivity contribution in [2.24, 2.45) is 0 Å². The van der Waals surface area contributed by atoms with Crippen LogP contribution in [0.1, 0.15) is 18.4 Å². The summed E-state index contributed by atoms with van der Waals surface area (Å²) in [5.41, 5.74) is 2.73. The van der Waals surface area contributed by atoms with Crippen molar-refractivity contribution in [2.75, 3.05) is 0 Å². The average Bonchev–Trinajstić information content (AvgIpc) is 2.89. The maximum Gasteiger partial charge on any atom is 0.310 e. The molecule has 1 unspecified atom stereocenters. The third-order valence-corrected chi connectivity index (χ3v) is 3.59. The first-order valence-electron chi connectivity index (χ1n) is 6.44. The van der Waals surface area contributed by atoms with Crippen molar-refractivity contribution in [3.05, 3.63) is 53.1 Å². The Morgan fingerprint density at radius 1 is 1.29 bits per heavy atom. The first-order chi connectivity index (χ1) is 10.0. The SMILES string of the molecule is CC(C(=O)O)c1ccc2oc(-c3cccc(Cl)c3)nc2c1. The van der Waals surface area contributed by atoms with Crippen molar-refractivity contribution in [1.29, 1.82) is 0 Å². The van der Waals surface area contributed by atoms with Crippen molar-refractivity contribution in [1.82, 2.24) is 4.98 Å². The number of halogens is 1. The molecule has 0 fully saturated rings. The average molecular weight is 302 g/mol. The van der Waals surface area contributed by atoms with Crippen LogP contribution in [0.5, 0.6) is 0 Å². The molecule has 0 amide bonds. The van der Waals surface area contributed by atoms with Gasteiger partial charge in [0, 0.05) is 10.6 Å². The first kappa shape index (κ1) is 13.6. The first-order valence-corrected chi connectivity index (χ1v) is 6.81. The number of benzene rings is 2. The van der Waals surface area contributed by atoms with Crippen LogP contribution < -0.4 is 0 Å². The molecule has 4 nitrogen and oxygen atoms in total. The predicted molar refractivity (Wildman–Crippen MR) is 80.5 cm³/mol. The summed E-state index contributed by atoms with van der Waals surface area (Å²) in [6.45, 7) is 1.64. The summed E-state index contributed by atoms with van der Waals surface area (Å²) in [5.74, 6) is -0.985. The fourth-order valence-corrected chi connectivity index (χ4v) is 2.29. The van der Waals surface area contributed by atoms with Crippen LogP contribution in [-0.2, 0) is 4.79 Å². The number of carboxylic acids is 1. The summed E-state index contributed by atoms with van der Waals surface area (Å²) in [7, 11) is 0. The van der Waals surface area contributed by atoms with Gasteiger partial charge in [0.05, 0.1) is 5.92 Å². The molecule has 0 radical (unpaired) electrons. The Kier molecular flexibility index (Phi) is 3.39. The van der Waals surface area contributed by atoms with Crippen molar-refractivity contribution < 1.29 is 14.3 Å². The van der Waals surface area contributed by atoms with E-state index in [-0.39, 0.29) is 0 Å². The number of oxazole rings is 1. The molecule has 1 heterocycles. The lowest BCUT2D eigenvalue weighted by molar-refractivity contribution is -0.138. The normalized spacial score (nSPS) is 12.5. The number of hydrogen-bond donors (Lipinski definition) is 1. The third kappa shape index (κ3) is 2.62. The van der Waals surface area contributed by atoms with Gasteiger partial charge in [-0.25, -0.2) is 4.98 Å². The Labute approximate surface area is 126 Å². The van der Waals surface area contributed by atoms with Crippen LogP contribution in [-0.4, -0.2) is 16.1 Å². The molecule has 3 rings (SSSR count). The third-order valence-electron chi connectivity index (χ3n) is 3.35. The molecule has 3 aromatic rings. The predicted octanol–water partition coefficient (Wildman–Crippen LogP) is 4.34. The van der Waals surface area contributed by atoms with E-state index in [0.29, 0.717) is 27.6 Å². The van der Waals surface area contributed by atoms with E-state index in [1.807, 2.05) is 12.1 Å². The number of hydrogen-bond acceptors (Lipinski definition) is 3. The largest absolute Gasteiger partial charge is 0.481 e. The Hall–Kier alpha value is -2.33. The number of aromatic nitrogens is 1. The molecule has 5 heteroatoms. The van der Waals surface area contributed by atoms with E-state index < -0.39 is 11.9 Å². The van der Waals surface area contributed by atoms with Crippen molar-refractivity contribution in [3.8, 4) is 11.5 Å². The maximum absolute atomic E-state index is 11.0. The van der Waals surface area contributed by atoms with Crippen molar-refractivity contribution in [3.63, 3.8) is 0 Å². The second-order valence-corrected chi connectivity index (χ2v) is 5.25. The molecule has 0 spiro atoms. The molecular formula is C16H12ClNO3. The van der Waals surface area contributed by atoms with Crippen LogP contribution in [0.4, 0.5) is 0 Å². The lowest BCUT2D eigenvalue weighted by atomic mass is 10.0. The minimum atomic E-state index is -0.868. The highest BCUT2D eigenvalue weighted by Gasteiger charge is 2.16. The Balaban J connectivity index is 2.06. The van der Waals surface area contributed by atoms with Crippen LogP contribution in [0.25, 0.3) is 22.6 Å². The van der Waals surface area contributed by atoms with Crippen molar-refractivity contribution >= 4 is 28.7 Å². The van der Waals surface area contributed by atoms with Crippen LogP contribution in [0.15, 0.2) is 46.9 Å². The van der Waals surface area contributed by atoms with Gasteiger partial charge in [-0.05, 0) is 42.8 Å². The monoisotopic (exact) mass is 301 g/mol. The summed E-state index contributed by atoms with van der Waals surface area (Å²) < 4.78 is 5.69. The molecule has 1 atom stereocenters. The Morgan fingerprint density at radius 3 is 2.81 bits per heavy atom. The zero-order valence-corrected chi connectivity index (χ0v) is 12.0. The van der Waals surface area contributed by atoms with Gasteiger partial charge in [-0.2, -0.15) is 0 Å². The molecule has 0 bridgehead atoms. The number of rotatable bonds is 3. The second-order valence-electron chi connectivity index (χ2n) is 4.82. The van der Waals surface area contributed by atoms with E-state index in [0.717, 1.165) is 5.56 Å². The van der Waals surface area contributed by atoms with Crippen LogP contribution in [0, 0.1) is 0 Å². The second kappa shape index (κ2) is 5.22. The highest BCUT2D eigenvalue weighted by molar-refractivity contribution is 6.30. The fourth-order valence-electron chi connectivity index (χ4n) is 2.10. The topological polar surface area (TPSA) is 63.3 Å². The van der Waals surface area contributed by atoms with E-state index in [2.05, 4.69) is 4.98 Å². The molecular weight excluding hydrogens is 290 g/mol. The molecule has 0 aliphatic rings. The highest BCUT2D eigenvalue weighted by atomic mass is 35.5. The van der Waals surface area contributed by atoms with Crippen molar-refractivity contribution in [2.45, 2.75) is 12.8 Å². The Bertz CT molecular complexity index is 825. The van der Waals surface area contributed by atoms with Crippen LogP contribution >= 0.6 is 11.6 Å². The van der Waals surface area contributed by atoms with Crippen LogP contribution in [0.3, 0.4) is 0 Å². The molecule has 106 valence electrons. The van der Waals surface area contributed by atoms with Gasteiger partial charge in [-0.1, -0.05) is 23.7 Å². The van der Waals surface area contributed by atoms with Gasteiger partial charge in [-0.15, -0.1) is 0 Å². The summed E-state index contributed by atoms with van der Waals surface area (Å²) in [6.07, 6.45) is 0. The van der Waals surface area contributed by atoms with E-state index in [4.69, 9.17) is 21.1 Å². The lowest BCUT2D eigenvalue weighted by Gasteiger charge is -2.04.